The summed E-state index contributed by atoms with van der Waals surface area (Å²) in [5.41, 5.74) is 0.748. The lowest BCUT2D eigenvalue weighted by Crippen LogP contribution is -2.39. The zero-order valence-corrected chi connectivity index (χ0v) is 15.1. The number of carbonyl (C=O) groups is 2. The maximum atomic E-state index is 11.9. The van der Waals surface area contributed by atoms with Crippen LogP contribution in [0.2, 0.25) is 10.0 Å². The minimum atomic E-state index is -0.379. The average Bonchev–Trinajstić information content (AvgIpc) is 2.59. The maximum absolute atomic E-state index is 11.9. The van der Waals surface area contributed by atoms with Crippen LogP contribution in [0.4, 0.5) is 0 Å². The molecule has 0 aliphatic heterocycles. The summed E-state index contributed by atoms with van der Waals surface area (Å²) in [6.07, 6.45) is 0. The molecule has 0 bridgehead atoms. The maximum Gasteiger partial charge on any atom is 0.258 e. The van der Waals surface area contributed by atoms with Crippen molar-refractivity contribution in [3.05, 3.63) is 64.1 Å². The first-order valence-electron chi connectivity index (χ1n) is 7.64. The minimum Gasteiger partial charge on any atom is -0.484 e. The third-order valence-corrected chi connectivity index (χ3v) is 3.93. The van der Waals surface area contributed by atoms with Gasteiger partial charge < -0.3 is 15.4 Å². The van der Waals surface area contributed by atoms with Crippen LogP contribution >= 0.6 is 23.2 Å². The lowest BCUT2D eigenvalue weighted by atomic mass is 10.1. The van der Waals surface area contributed by atoms with Gasteiger partial charge in [0, 0.05) is 10.0 Å². The molecule has 0 fully saturated rings. The number of para-hydroxylation sites is 1. The molecule has 0 heterocycles. The highest BCUT2D eigenvalue weighted by molar-refractivity contribution is 6.35. The molecular weight excluding hydrogens is 363 g/mol. The number of ether oxygens (including phenoxy) is 1. The average molecular weight is 381 g/mol. The lowest BCUT2D eigenvalue weighted by Gasteiger charge is -2.16. The van der Waals surface area contributed by atoms with Gasteiger partial charge in [-0.1, -0.05) is 47.5 Å². The Labute approximate surface area is 156 Å². The molecule has 2 amide bonds. The molecule has 0 aliphatic rings. The van der Waals surface area contributed by atoms with Crippen LogP contribution in [0.5, 0.6) is 5.75 Å². The number of hydrogen-bond acceptors (Lipinski definition) is 3. The number of rotatable bonds is 7. The summed E-state index contributed by atoms with van der Waals surface area (Å²) in [5, 5.41) is 6.27. The first-order chi connectivity index (χ1) is 12.0. The van der Waals surface area contributed by atoms with E-state index >= 15 is 0 Å². The van der Waals surface area contributed by atoms with Crippen molar-refractivity contribution in [1.82, 2.24) is 10.6 Å². The Bertz CT molecular complexity index is 738. The van der Waals surface area contributed by atoms with Gasteiger partial charge in [0.25, 0.3) is 5.91 Å². The van der Waals surface area contributed by atoms with Crippen molar-refractivity contribution < 1.29 is 14.3 Å². The molecule has 0 saturated heterocycles. The van der Waals surface area contributed by atoms with Crippen LogP contribution in [0.1, 0.15) is 18.5 Å². The Morgan fingerprint density at radius 2 is 1.80 bits per heavy atom. The topological polar surface area (TPSA) is 67.4 Å². The quantitative estimate of drug-likeness (QED) is 0.773. The van der Waals surface area contributed by atoms with E-state index in [1.165, 1.54) is 0 Å². The Kier molecular flexibility index (Phi) is 7.10. The highest BCUT2D eigenvalue weighted by atomic mass is 35.5. The molecule has 5 nitrogen and oxygen atoms in total. The summed E-state index contributed by atoms with van der Waals surface area (Å²) in [5.74, 6) is -0.115. The van der Waals surface area contributed by atoms with Crippen molar-refractivity contribution in [1.29, 1.82) is 0 Å². The smallest absolute Gasteiger partial charge is 0.258 e. The van der Waals surface area contributed by atoms with Crippen LogP contribution in [0.3, 0.4) is 0 Å². The van der Waals surface area contributed by atoms with Crippen LogP contribution in [0, 0.1) is 0 Å². The van der Waals surface area contributed by atoms with E-state index in [4.69, 9.17) is 27.9 Å². The summed E-state index contributed by atoms with van der Waals surface area (Å²) >= 11 is 12.0. The fourth-order valence-electron chi connectivity index (χ4n) is 2.12. The predicted molar refractivity (Wildman–Crippen MR) is 98.0 cm³/mol. The van der Waals surface area contributed by atoms with Crippen molar-refractivity contribution in [3.63, 3.8) is 0 Å². The molecule has 1 unspecified atom stereocenters. The Balaban J connectivity index is 1.75. The normalized spacial score (nSPS) is 11.5. The zero-order chi connectivity index (χ0) is 18.2. The Morgan fingerprint density at radius 3 is 2.48 bits per heavy atom. The van der Waals surface area contributed by atoms with E-state index in [2.05, 4.69) is 10.6 Å². The van der Waals surface area contributed by atoms with E-state index in [-0.39, 0.29) is 31.0 Å². The van der Waals surface area contributed by atoms with Gasteiger partial charge in [0.05, 0.1) is 12.6 Å². The summed E-state index contributed by atoms with van der Waals surface area (Å²) < 4.78 is 5.30. The van der Waals surface area contributed by atoms with Crippen molar-refractivity contribution in [2.45, 2.75) is 13.0 Å². The van der Waals surface area contributed by atoms with Crippen molar-refractivity contribution in [2.24, 2.45) is 0 Å². The minimum absolute atomic E-state index is 0.146. The third kappa shape index (κ3) is 6.29. The van der Waals surface area contributed by atoms with Gasteiger partial charge in [-0.15, -0.1) is 0 Å². The molecule has 2 aromatic rings. The molecule has 25 heavy (non-hydrogen) atoms. The molecular formula is C18H18Cl2N2O3. The van der Waals surface area contributed by atoms with E-state index in [0.717, 1.165) is 5.56 Å². The van der Waals surface area contributed by atoms with Crippen molar-refractivity contribution in [2.75, 3.05) is 13.2 Å². The van der Waals surface area contributed by atoms with Gasteiger partial charge in [0.1, 0.15) is 5.75 Å². The zero-order valence-electron chi connectivity index (χ0n) is 13.6. The molecule has 0 aromatic heterocycles. The van der Waals surface area contributed by atoms with E-state index in [0.29, 0.717) is 15.8 Å². The summed E-state index contributed by atoms with van der Waals surface area (Å²) in [6, 6.07) is 13.7. The molecule has 2 rings (SSSR count). The predicted octanol–water partition coefficient (Wildman–Crippen LogP) is 3.37. The van der Waals surface area contributed by atoms with Crippen molar-refractivity contribution >= 4 is 35.0 Å². The molecule has 0 radical (unpaired) electrons. The largest absolute Gasteiger partial charge is 0.484 e. The highest BCUT2D eigenvalue weighted by Gasteiger charge is 2.13. The molecule has 0 aliphatic carbocycles. The second-order valence-electron chi connectivity index (χ2n) is 5.33. The van der Waals surface area contributed by atoms with Crippen LogP contribution in [-0.2, 0) is 9.59 Å². The van der Waals surface area contributed by atoms with Crippen LogP contribution in [0.15, 0.2) is 48.5 Å². The van der Waals surface area contributed by atoms with E-state index < -0.39 is 0 Å². The molecule has 2 N–H and O–H groups in total. The van der Waals surface area contributed by atoms with Gasteiger partial charge in [-0.25, -0.2) is 0 Å². The Hall–Kier alpha value is -2.24. The van der Waals surface area contributed by atoms with Gasteiger partial charge >= 0.3 is 0 Å². The second kappa shape index (κ2) is 9.30. The van der Waals surface area contributed by atoms with E-state index in [9.17, 15) is 9.59 Å². The highest BCUT2D eigenvalue weighted by Crippen LogP contribution is 2.25. The van der Waals surface area contributed by atoms with Gasteiger partial charge in [-0.05, 0) is 36.8 Å². The summed E-state index contributed by atoms with van der Waals surface area (Å²) in [4.78, 5) is 23.7. The standard InChI is InChI=1S/C18H18Cl2N2O3/c1-12(15-8-7-13(19)9-16(15)20)22-17(23)10-21-18(24)11-25-14-5-3-2-4-6-14/h2-9,12H,10-11H2,1H3,(H,21,24)(H,22,23). The second-order valence-corrected chi connectivity index (χ2v) is 6.18. The molecule has 7 heteroatoms. The lowest BCUT2D eigenvalue weighted by molar-refractivity contribution is -0.127. The van der Waals surface area contributed by atoms with Gasteiger partial charge in [0.2, 0.25) is 5.91 Å². The number of amides is 2. The first kappa shape index (κ1) is 19.1. The van der Waals surface area contributed by atoms with Crippen molar-refractivity contribution in [3.8, 4) is 5.75 Å². The van der Waals surface area contributed by atoms with Gasteiger partial charge in [-0.2, -0.15) is 0 Å². The summed E-state index contributed by atoms with van der Waals surface area (Å²) in [7, 11) is 0. The van der Waals surface area contributed by atoms with E-state index in [1.54, 1.807) is 37.3 Å². The SMILES string of the molecule is CC(NC(=O)CNC(=O)COc1ccccc1)c1ccc(Cl)cc1Cl. The fraction of sp³-hybridized carbons (Fsp3) is 0.222. The monoisotopic (exact) mass is 380 g/mol. The Morgan fingerprint density at radius 1 is 1.08 bits per heavy atom. The number of hydrogen-bond donors (Lipinski definition) is 2. The third-order valence-electron chi connectivity index (χ3n) is 3.37. The molecule has 132 valence electrons. The van der Waals surface area contributed by atoms with E-state index in [1.807, 2.05) is 18.2 Å². The number of halogens is 2. The summed E-state index contributed by atoms with van der Waals surface area (Å²) in [6.45, 7) is 1.50. The molecule has 0 saturated carbocycles. The van der Waals surface area contributed by atoms with Gasteiger partial charge in [0.15, 0.2) is 6.61 Å². The number of benzene rings is 2. The fourth-order valence-corrected chi connectivity index (χ4v) is 2.69. The molecule has 2 aromatic carbocycles. The molecule has 1 atom stereocenters. The van der Waals surface area contributed by atoms with Crippen LogP contribution in [-0.4, -0.2) is 25.0 Å². The number of carbonyl (C=O) groups excluding carboxylic acids is 2. The van der Waals surface area contributed by atoms with Crippen LogP contribution in [0.25, 0.3) is 0 Å². The first-order valence-corrected chi connectivity index (χ1v) is 8.40. The van der Waals surface area contributed by atoms with Crippen LogP contribution < -0.4 is 15.4 Å². The molecule has 0 spiro atoms. The van der Waals surface area contributed by atoms with Gasteiger partial charge in [-0.3, -0.25) is 9.59 Å². The number of nitrogens with one attached hydrogen (secondary N) is 2.